The topological polar surface area (TPSA) is 0 Å². The second-order valence-electron chi connectivity index (χ2n) is 6.34. The maximum Gasteiger partial charge on any atom is 0.0584 e. The fraction of sp³-hybridized carbons (Fsp3) is 0. The number of hydrogen-bond acceptors (Lipinski definition) is 1. The van der Waals surface area contributed by atoms with Gasteiger partial charge in [-0.1, -0.05) is 90.5 Å². The Bertz CT molecular complexity index is 1220. The molecule has 0 fully saturated rings. The number of hydrogen-bond donors (Lipinski definition) is 0. The van der Waals surface area contributed by atoms with Crippen LogP contribution in [0.5, 0.6) is 0 Å². The van der Waals surface area contributed by atoms with Crippen LogP contribution in [0.1, 0.15) is 0 Å². The quantitative estimate of drug-likeness (QED) is 0.295. The van der Waals surface area contributed by atoms with Crippen molar-refractivity contribution in [2.75, 3.05) is 0 Å². The second kappa shape index (κ2) is 6.28. The van der Waals surface area contributed by atoms with Gasteiger partial charge < -0.3 is 0 Å². The molecule has 4 aromatic carbocycles. The van der Waals surface area contributed by atoms with Crippen LogP contribution in [0.15, 0.2) is 91.0 Å². The minimum absolute atomic E-state index is 0.828. The van der Waals surface area contributed by atoms with Crippen LogP contribution in [-0.2, 0) is 0 Å². The summed E-state index contributed by atoms with van der Waals surface area (Å²) in [5.41, 5.74) is 4.97. The Kier molecular flexibility index (Phi) is 3.77. The van der Waals surface area contributed by atoms with E-state index in [0.29, 0.717) is 0 Å². The van der Waals surface area contributed by atoms with Crippen LogP contribution in [-0.4, -0.2) is 0 Å². The van der Waals surface area contributed by atoms with Crippen molar-refractivity contribution in [3.8, 4) is 22.3 Å². The van der Waals surface area contributed by atoms with Crippen molar-refractivity contribution in [2.45, 2.75) is 0 Å². The second-order valence-corrected chi connectivity index (χ2v) is 7.80. The first-order valence-electron chi connectivity index (χ1n) is 8.57. The molecule has 0 aliphatic heterocycles. The van der Waals surface area contributed by atoms with Crippen LogP contribution in [0.25, 0.3) is 42.4 Å². The van der Waals surface area contributed by atoms with Gasteiger partial charge in [0.15, 0.2) is 0 Å². The lowest BCUT2D eigenvalue weighted by atomic mass is 9.97. The molecule has 124 valence electrons. The van der Waals surface area contributed by atoms with Gasteiger partial charge in [0.1, 0.15) is 0 Å². The minimum atomic E-state index is 0.828. The molecule has 0 unspecified atom stereocenters. The normalized spacial score (nSPS) is 11.3. The van der Waals surface area contributed by atoms with Crippen LogP contribution in [0.2, 0.25) is 5.02 Å². The lowest BCUT2D eigenvalue weighted by Gasteiger charge is -2.07. The SMILES string of the molecule is Clc1cccc2c1sc1cccc(-c3ccc(-c4ccccc4)cc3)c12. The van der Waals surface area contributed by atoms with Crippen molar-refractivity contribution >= 4 is 43.1 Å². The zero-order valence-corrected chi connectivity index (χ0v) is 15.5. The highest BCUT2D eigenvalue weighted by atomic mass is 35.5. The van der Waals surface area contributed by atoms with Gasteiger partial charge in [-0.3, -0.25) is 0 Å². The Morgan fingerprint density at radius 2 is 1.27 bits per heavy atom. The number of benzene rings is 4. The lowest BCUT2D eigenvalue weighted by Crippen LogP contribution is -1.81. The number of thiophene rings is 1. The molecule has 0 saturated carbocycles. The number of rotatable bonds is 2. The first-order valence-corrected chi connectivity index (χ1v) is 9.76. The van der Waals surface area contributed by atoms with Gasteiger partial charge in [0.05, 0.1) is 9.72 Å². The van der Waals surface area contributed by atoms with Crippen molar-refractivity contribution in [2.24, 2.45) is 0 Å². The third kappa shape index (κ3) is 2.52. The molecule has 0 amide bonds. The molecule has 0 N–H and O–H groups in total. The summed E-state index contributed by atoms with van der Waals surface area (Å²) in [5, 5.41) is 3.36. The van der Waals surface area contributed by atoms with E-state index >= 15 is 0 Å². The number of halogens is 1. The largest absolute Gasteiger partial charge is 0.134 e. The van der Waals surface area contributed by atoms with E-state index in [9.17, 15) is 0 Å². The van der Waals surface area contributed by atoms with Gasteiger partial charge in [0.25, 0.3) is 0 Å². The molecule has 1 aromatic heterocycles. The zero-order chi connectivity index (χ0) is 17.5. The summed E-state index contributed by atoms with van der Waals surface area (Å²) in [7, 11) is 0. The van der Waals surface area contributed by atoms with Crippen LogP contribution < -0.4 is 0 Å². The Morgan fingerprint density at radius 3 is 2.08 bits per heavy atom. The lowest BCUT2D eigenvalue weighted by molar-refractivity contribution is 1.61. The molecule has 0 aliphatic carbocycles. The van der Waals surface area contributed by atoms with Crippen molar-refractivity contribution in [1.29, 1.82) is 0 Å². The van der Waals surface area contributed by atoms with Gasteiger partial charge in [-0.25, -0.2) is 0 Å². The minimum Gasteiger partial charge on any atom is -0.134 e. The highest BCUT2D eigenvalue weighted by molar-refractivity contribution is 7.26. The van der Waals surface area contributed by atoms with E-state index in [1.54, 1.807) is 11.3 Å². The van der Waals surface area contributed by atoms with E-state index in [-0.39, 0.29) is 0 Å². The van der Waals surface area contributed by atoms with Gasteiger partial charge in [-0.2, -0.15) is 0 Å². The fourth-order valence-electron chi connectivity index (χ4n) is 3.53. The summed E-state index contributed by atoms with van der Waals surface area (Å²) in [5.74, 6) is 0. The Morgan fingerprint density at radius 1 is 0.577 bits per heavy atom. The summed E-state index contributed by atoms with van der Waals surface area (Å²) in [6, 6.07) is 32.0. The van der Waals surface area contributed by atoms with Gasteiger partial charge in [-0.05, 0) is 34.4 Å². The van der Waals surface area contributed by atoms with E-state index in [1.165, 1.54) is 37.7 Å². The summed E-state index contributed by atoms with van der Waals surface area (Å²) >= 11 is 8.19. The van der Waals surface area contributed by atoms with Crippen LogP contribution >= 0.6 is 22.9 Å². The van der Waals surface area contributed by atoms with Crippen molar-refractivity contribution in [3.63, 3.8) is 0 Å². The van der Waals surface area contributed by atoms with E-state index in [4.69, 9.17) is 11.6 Å². The fourth-order valence-corrected chi connectivity index (χ4v) is 4.95. The molecule has 0 spiro atoms. The molecule has 0 nitrogen and oxygen atoms in total. The third-order valence-electron chi connectivity index (χ3n) is 4.78. The van der Waals surface area contributed by atoms with E-state index < -0.39 is 0 Å². The number of fused-ring (bicyclic) bond motifs is 3. The molecular weight excluding hydrogens is 356 g/mol. The van der Waals surface area contributed by atoms with Crippen LogP contribution in [0, 0.1) is 0 Å². The molecule has 5 aromatic rings. The van der Waals surface area contributed by atoms with Gasteiger partial charge in [0, 0.05) is 15.5 Å². The highest BCUT2D eigenvalue weighted by Crippen LogP contribution is 2.42. The molecule has 0 saturated heterocycles. The molecule has 2 heteroatoms. The van der Waals surface area contributed by atoms with Crippen LogP contribution in [0.3, 0.4) is 0 Å². The molecule has 0 radical (unpaired) electrons. The monoisotopic (exact) mass is 370 g/mol. The van der Waals surface area contributed by atoms with Gasteiger partial charge in [-0.15, -0.1) is 11.3 Å². The van der Waals surface area contributed by atoms with Crippen molar-refractivity contribution in [3.05, 3.63) is 96.0 Å². The molecule has 0 aliphatic rings. The standard InChI is InChI=1S/C24H15ClS/c25-21-10-4-9-20-23-19(8-5-11-22(23)26-24(20)21)18-14-12-17(13-15-18)16-6-2-1-3-7-16/h1-15H. The van der Waals surface area contributed by atoms with Crippen LogP contribution in [0.4, 0.5) is 0 Å². The highest BCUT2D eigenvalue weighted by Gasteiger charge is 2.12. The van der Waals surface area contributed by atoms with E-state index in [0.717, 1.165) is 9.72 Å². The van der Waals surface area contributed by atoms with Crippen molar-refractivity contribution < 1.29 is 0 Å². The van der Waals surface area contributed by atoms with Gasteiger partial charge in [0.2, 0.25) is 0 Å². The molecular formula is C24H15ClS. The predicted molar refractivity (Wildman–Crippen MR) is 115 cm³/mol. The van der Waals surface area contributed by atoms with Gasteiger partial charge >= 0.3 is 0 Å². The summed E-state index contributed by atoms with van der Waals surface area (Å²) in [6.07, 6.45) is 0. The first-order chi connectivity index (χ1) is 12.8. The molecule has 0 bridgehead atoms. The maximum atomic E-state index is 6.43. The zero-order valence-electron chi connectivity index (χ0n) is 13.9. The first kappa shape index (κ1) is 15.6. The van der Waals surface area contributed by atoms with E-state index in [1.807, 2.05) is 18.2 Å². The molecule has 5 rings (SSSR count). The molecule has 26 heavy (non-hydrogen) atoms. The third-order valence-corrected chi connectivity index (χ3v) is 6.41. The predicted octanol–water partition coefficient (Wildman–Crippen LogP) is 8.04. The maximum absolute atomic E-state index is 6.43. The average molecular weight is 371 g/mol. The Labute approximate surface area is 161 Å². The van der Waals surface area contributed by atoms with E-state index in [2.05, 4.69) is 72.8 Å². The Hall–Kier alpha value is -2.61. The summed E-state index contributed by atoms with van der Waals surface area (Å²) in [4.78, 5) is 0. The smallest absolute Gasteiger partial charge is 0.0584 e. The van der Waals surface area contributed by atoms with Crippen molar-refractivity contribution in [1.82, 2.24) is 0 Å². The summed E-state index contributed by atoms with van der Waals surface area (Å²) < 4.78 is 2.44. The molecule has 0 atom stereocenters. The average Bonchev–Trinajstić information content (AvgIpc) is 3.09. The summed E-state index contributed by atoms with van der Waals surface area (Å²) in [6.45, 7) is 0. The molecule has 1 heterocycles. The Balaban J connectivity index is 1.70.